The first-order valence-electron chi connectivity index (χ1n) is 10.2. The molecule has 0 radical (unpaired) electrons. The monoisotopic (exact) mass is 476 g/mol. The maximum atomic E-state index is 13.2. The highest BCUT2D eigenvalue weighted by atomic mass is 31.2. The lowest BCUT2D eigenvalue weighted by Crippen LogP contribution is -2.51. The van der Waals surface area contributed by atoms with Gasteiger partial charge in [-0.1, -0.05) is 20.8 Å². The molecule has 2 aliphatic rings. The zero-order valence-electron chi connectivity index (χ0n) is 19.3. The summed E-state index contributed by atoms with van der Waals surface area (Å²) in [5, 5.41) is -0.101. The molecule has 1 spiro atoms. The molecule has 3 unspecified atom stereocenters. The number of aromatic nitrogens is 2. The fraction of sp³-hybridized carbons (Fsp3) is 0.789. The van der Waals surface area contributed by atoms with Crippen molar-refractivity contribution in [1.82, 2.24) is 9.55 Å². The van der Waals surface area contributed by atoms with E-state index < -0.39 is 56.9 Å². The minimum absolute atomic E-state index is 0.101. The number of H-pyrrole nitrogens is 1. The van der Waals surface area contributed by atoms with Crippen LogP contribution in [-0.2, 0) is 27.5 Å². The Kier molecular flexibility index (Phi) is 6.38. The SMILES string of the molecule is CO[C@@H]1C(O[Si](C)(C)C(C)(C)C)C2(CC2P(=O)(OC)OC)O[C@H]1n1ccc(=O)[nH]c1=O. The summed E-state index contributed by atoms with van der Waals surface area (Å²) in [6.07, 6.45) is -0.420. The van der Waals surface area contributed by atoms with Crippen molar-refractivity contribution in [3.05, 3.63) is 33.1 Å². The number of nitrogens with one attached hydrogen (secondary N) is 1. The lowest BCUT2D eigenvalue weighted by Gasteiger charge is -2.40. The van der Waals surface area contributed by atoms with Gasteiger partial charge in [0.2, 0.25) is 0 Å². The van der Waals surface area contributed by atoms with Crippen molar-refractivity contribution in [2.45, 2.75) is 75.0 Å². The fourth-order valence-electron chi connectivity index (χ4n) is 3.91. The van der Waals surface area contributed by atoms with Gasteiger partial charge >= 0.3 is 13.3 Å². The molecule has 1 aromatic rings. The first-order chi connectivity index (χ1) is 14.3. The second-order valence-electron chi connectivity index (χ2n) is 9.60. The minimum atomic E-state index is -3.47. The predicted octanol–water partition coefficient (Wildman–Crippen LogP) is 2.47. The smallest absolute Gasteiger partial charge is 0.336 e. The number of methoxy groups -OCH3 is 1. The van der Waals surface area contributed by atoms with Crippen LogP contribution in [-0.4, -0.2) is 62.7 Å². The standard InChI is InChI=1S/C19H33N2O8PSi/c1-18(2,3)31(7,8)29-15-14(25-4)16(21-10-9-13(22)20-17(21)23)28-19(15)11-12(19)30(24,26-5)27-6/h9-10,12,14-16H,11H2,1-8H3,(H,20,22,23)/t12?,14-,15?,16-,19?/m1/s1. The van der Waals surface area contributed by atoms with E-state index in [0.29, 0.717) is 6.42 Å². The van der Waals surface area contributed by atoms with E-state index in [1.807, 2.05) is 0 Å². The molecule has 1 aliphatic heterocycles. The van der Waals surface area contributed by atoms with Crippen LogP contribution in [0.25, 0.3) is 0 Å². The van der Waals surface area contributed by atoms with Crippen LogP contribution >= 0.6 is 7.60 Å². The number of ether oxygens (including phenoxy) is 2. The van der Waals surface area contributed by atoms with Crippen LogP contribution in [0.15, 0.2) is 21.9 Å². The number of aromatic amines is 1. The van der Waals surface area contributed by atoms with E-state index in [9.17, 15) is 14.2 Å². The van der Waals surface area contributed by atoms with E-state index >= 15 is 0 Å². The summed E-state index contributed by atoms with van der Waals surface area (Å²) in [4.78, 5) is 26.3. The average Bonchev–Trinajstić information content (AvgIpc) is 3.33. The van der Waals surface area contributed by atoms with Crippen molar-refractivity contribution in [3.8, 4) is 0 Å². The molecule has 2 heterocycles. The molecule has 31 heavy (non-hydrogen) atoms. The molecule has 176 valence electrons. The van der Waals surface area contributed by atoms with Crippen LogP contribution in [0.2, 0.25) is 18.1 Å². The Morgan fingerprint density at radius 1 is 1.23 bits per heavy atom. The topological polar surface area (TPSA) is 118 Å². The van der Waals surface area contributed by atoms with Gasteiger partial charge in [0.15, 0.2) is 14.5 Å². The average molecular weight is 477 g/mol. The Balaban J connectivity index is 2.09. The second kappa shape index (κ2) is 8.05. The van der Waals surface area contributed by atoms with E-state index in [0.717, 1.165) is 0 Å². The van der Waals surface area contributed by atoms with Gasteiger partial charge in [0, 0.05) is 33.6 Å². The number of hydrogen-bond acceptors (Lipinski definition) is 8. The number of hydrogen-bond donors (Lipinski definition) is 1. The molecule has 0 bridgehead atoms. The number of nitrogens with zero attached hydrogens (tertiary/aromatic N) is 1. The van der Waals surface area contributed by atoms with Gasteiger partial charge in [-0.2, -0.15) is 0 Å². The van der Waals surface area contributed by atoms with Gasteiger partial charge in [-0.15, -0.1) is 0 Å². The Bertz CT molecular complexity index is 978. The van der Waals surface area contributed by atoms with Crippen LogP contribution < -0.4 is 11.2 Å². The van der Waals surface area contributed by atoms with Gasteiger partial charge in [-0.3, -0.25) is 18.9 Å². The third kappa shape index (κ3) is 4.05. The quantitative estimate of drug-likeness (QED) is 0.471. The summed E-state index contributed by atoms with van der Waals surface area (Å²) in [5.74, 6) is 0. The van der Waals surface area contributed by atoms with Gasteiger partial charge in [-0.25, -0.2) is 4.79 Å². The van der Waals surface area contributed by atoms with E-state index in [-0.39, 0.29) is 5.04 Å². The molecule has 1 saturated heterocycles. The summed E-state index contributed by atoms with van der Waals surface area (Å²) in [5.41, 5.74) is -2.70. The van der Waals surface area contributed by atoms with Crippen LogP contribution in [0.5, 0.6) is 0 Å². The zero-order valence-corrected chi connectivity index (χ0v) is 21.2. The molecule has 1 aliphatic carbocycles. The third-order valence-corrected chi connectivity index (χ3v) is 13.7. The lowest BCUT2D eigenvalue weighted by atomic mass is 10.1. The summed E-state index contributed by atoms with van der Waals surface area (Å²) >= 11 is 0. The molecule has 0 aromatic carbocycles. The fourth-order valence-corrected chi connectivity index (χ4v) is 7.15. The molecule has 1 N–H and O–H groups in total. The Morgan fingerprint density at radius 2 is 1.84 bits per heavy atom. The zero-order chi connectivity index (χ0) is 23.4. The first-order valence-corrected chi connectivity index (χ1v) is 14.7. The molecular formula is C19H33N2O8PSi. The first kappa shape index (κ1) is 24.6. The Hall–Kier alpha value is -1.07. The van der Waals surface area contributed by atoms with E-state index in [1.165, 1.54) is 38.2 Å². The van der Waals surface area contributed by atoms with Gasteiger partial charge in [0.1, 0.15) is 17.8 Å². The van der Waals surface area contributed by atoms with Crippen molar-refractivity contribution >= 4 is 15.9 Å². The maximum absolute atomic E-state index is 13.2. The summed E-state index contributed by atoms with van der Waals surface area (Å²) < 4.78 is 43.9. The summed E-state index contributed by atoms with van der Waals surface area (Å²) in [7, 11) is -1.58. The van der Waals surface area contributed by atoms with E-state index in [2.05, 4.69) is 38.8 Å². The van der Waals surface area contributed by atoms with Crippen LogP contribution in [0, 0.1) is 0 Å². The molecule has 0 amide bonds. The Morgan fingerprint density at radius 3 is 2.32 bits per heavy atom. The summed E-state index contributed by atoms with van der Waals surface area (Å²) in [6.45, 7) is 10.6. The molecule has 2 fully saturated rings. The van der Waals surface area contributed by atoms with Gasteiger partial charge in [0.25, 0.3) is 5.56 Å². The minimum Gasteiger partial charge on any atom is -0.408 e. The molecule has 12 heteroatoms. The van der Waals surface area contributed by atoms with Crippen LogP contribution in [0.1, 0.15) is 33.4 Å². The molecule has 1 aromatic heterocycles. The Labute approximate surface area is 182 Å². The van der Waals surface area contributed by atoms with Crippen molar-refractivity contribution < 1.29 is 27.5 Å². The third-order valence-electron chi connectivity index (χ3n) is 6.83. The van der Waals surface area contributed by atoms with Crippen LogP contribution in [0.4, 0.5) is 0 Å². The maximum Gasteiger partial charge on any atom is 0.336 e. The van der Waals surface area contributed by atoms with Gasteiger partial charge in [-0.05, 0) is 24.6 Å². The van der Waals surface area contributed by atoms with Crippen molar-refractivity contribution in [2.75, 3.05) is 21.3 Å². The molecule has 3 rings (SSSR count). The molecule has 5 atom stereocenters. The molecule has 1 saturated carbocycles. The highest BCUT2D eigenvalue weighted by Crippen LogP contribution is 2.72. The highest BCUT2D eigenvalue weighted by molar-refractivity contribution is 7.55. The predicted molar refractivity (Wildman–Crippen MR) is 117 cm³/mol. The van der Waals surface area contributed by atoms with E-state index in [4.69, 9.17) is 22.9 Å². The van der Waals surface area contributed by atoms with Crippen LogP contribution in [0.3, 0.4) is 0 Å². The van der Waals surface area contributed by atoms with Crippen molar-refractivity contribution in [1.29, 1.82) is 0 Å². The molecular weight excluding hydrogens is 443 g/mol. The normalized spacial score (nSPS) is 31.4. The van der Waals surface area contributed by atoms with Crippen molar-refractivity contribution in [3.63, 3.8) is 0 Å². The van der Waals surface area contributed by atoms with Gasteiger partial charge in [0.05, 0.1) is 5.66 Å². The summed E-state index contributed by atoms with van der Waals surface area (Å²) in [6, 6.07) is 1.24. The van der Waals surface area contributed by atoms with E-state index in [1.54, 1.807) is 0 Å². The lowest BCUT2D eigenvalue weighted by molar-refractivity contribution is -0.0601. The largest absolute Gasteiger partial charge is 0.408 e. The number of rotatable bonds is 7. The second-order valence-corrected chi connectivity index (χ2v) is 16.8. The molecule has 10 nitrogen and oxygen atoms in total. The van der Waals surface area contributed by atoms with Crippen molar-refractivity contribution in [2.24, 2.45) is 0 Å². The highest BCUT2D eigenvalue weighted by Gasteiger charge is 2.76. The van der Waals surface area contributed by atoms with Gasteiger partial charge < -0.3 is 22.9 Å².